The second kappa shape index (κ2) is 5.32. The molecule has 86 valence electrons. The van der Waals surface area contributed by atoms with Gasteiger partial charge in [0, 0.05) is 23.0 Å². The molecule has 0 atom stereocenters. The van der Waals surface area contributed by atoms with Crippen LogP contribution in [0.3, 0.4) is 0 Å². The van der Waals surface area contributed by atoms with Crippen LogP contribution < -0.4 is 11.2 Å². The van der Waals surface area contributed by atoms with Crippen LogP contribution in [0.2, 0.25) is 5.02 Å². The molecule has 0 saturated carbocycles. The van der Waals surface area contributed by atoms with Gasteiger partial charge in [0.1, 0.15) is 0 Å². The summed E-state index contributed by atoms with van der Waals surface area (Å²) in [5, 5.41) is 4.70. The van der Waals surface area contributed by atoms with Crippen molar-refractivity contribution in [3.05, 3.63) is 59.4 Å². The topological polar surface area (TPSA) is 63.3 Å². The highest BCUT2D eigenvalue weighted by molar-refractivity contribution is 6.30. The Balaban J connectivity index is 2.11. The summed E-state index contributed by atoms with van der Waals surface area (Å²) in [5.74, 6) is 0.373. The molecule has 0 aliphatic heterocycles. The Hall–Kier alpha value is -2.07. The zero-order valence-corrected chi connectivity index (χ0v) is 9.72. The third-order valence-electron chi connectivity index (χ3n) is 2.09. The highest BCUT2D eigenvalue weighted by Gasteiger charge is 1.97. The summed E-state index contributed by atoms with van der Waals surface area (Å²) in [7, 11) is 0. The molecule has 0 fully saturated rings. The van der Waals surface area contributed by atoms with Crippen LogP contribution in [0, 0.1) is 0 Å². The number of hydrazone groups is 1. The lowest BCUT2D eigenvalue weighted by atomic mass is 10.3. The van der Waals surface area contributed by atoms with Gasteiger partial charge in [0.05, 0.1) is 5.69 Å². The Bertz CT molecular complexity index is 525. The third kappa shape index (κ3) is 3.19. The summed E-state index contributed by atoms with van der Waals surface area (Å²) >= 11 is 5.85. The number of pyridine rings is 1. The van der Waals surface area contributed by atoms with Gasteiger partial charge in [0.25, 0.3) is 0 Å². The van der Waals surface area contributed by atoms with Crippen molar-refractivity contribution < 1.29 is 0 Å². The normalized spacial score (nSPS) is 11.2. The van der Waals surface area contributed by atoms with Crippen LogP contribution in [0.4, 0.5) is 5.69 Å². The van der Waals surface area contributed by atoms with Gasteiger partial charge < -0.3 is 5.73 Å². The number of rotatable bonds is 3. The van der Waals surface area contributed by atoms with E-state index in [9.17, 15) is 0 Å². The summed E-state index contributed by atoms with van der Waals surface area (Å²) in [6.45, 7) is 0. The Morgan fingerprint density at radius 1 is 1.29 bits per heavy atom. The highest BCUT2D eigenvalue weighted by Crippen LogP contribution is 2.14. The van der Waals surface area contributed by atoms with Gasteiger partial charge in [-0.05, 0) is 30.3 Å². The molecule has 5 heteroatoms. The molecule has 4 nitrogen and oxygen atoms in total. The molecular weight excluding hydrogens is 236 g/mol. The number of amidine groups is 1. The van der Waals surface area contributed by atoms with E-state index in [-0.39, 0.29) is 0 Å². The van der Waals surface area contributed by atoms with Gasteiger partial charge in [-0.25, -0.2) is 0 Å². The van der Waals surface area contributed by atoms with Gasteiger partial charge in [-0.1, -0.05) is 17.7 Å². The van der Waals surface area contributed by atoms with Gasteiger partial charge in [-0.2, -0.15) is 5.10 Å². The van der Waals surface area contributed by atoms with Crippen molar-refractivity contribution in [2.24, 2.45) is 10.8 Å². The van der Waals surface area contributed by atoms with Gasteiger partial charge in [-0.3, -0.25) is 10.4 Å². The zero-order chi connectivity index (χ0) is 12.1. The third-order valence-corrected chi connectivity index (χ3v) is 2.32. The average Bonchev–Trinajstić information content (AvgIpc) is 2.37. The summed E-state index contributed by atoms with van der Waals surface area (Å²) < 4.78 is 0. The maximum absolute atomic E-state index is 5.85. The molecule has 0 aliphatic carbocycles. The van der Waals surface area contributed by atoms with Crippen LogP contribution in [0.15, 0.2) is 53.9 Å². The number of benzene rings is 1. The van der Waals surface area contributed by atoms with Crippen molar-refractivity contribution in [3.63, 3.8) is 0 Å². The first kappa shape index (κ1) is 11.4. The molecule has 0 amide bonds. The molecule has 3 N–H and O–H groups in total. The number of nitrogens with zero attached hydrogens (tertiary/aromatic N) is 2. The Kier molecular flexibility index (Phi) is 3.57. The number of halogens is 1. The molecule has 1 aromatic heterocycles. The quantitative estimate of drug-likeness (QED) is 0.497. The fraction of sp³-hybridized carbons (Fsp3) is 0. The second-order valence-corrected chi connectivity index (χ2v) is 3.80. The zero-order valence-electron chi connectivity index (χ0n) is 8.97. The van der Waals surface area contributed by atoms with Gasteiger partial charge >= 0.3 is 0 Å². The van der Waals surface area contributed by atoms with Crippen LogP contribution >= 0.6 is 11.6 Å². The van der Waals surface area contributed by atoms with Crippen molar-refractivity contribution in [1.82, 2.24) is 4.98 Å². The standard InChI is InChI=1S/C12H11ClN4/c13-10-4-1-5-11(7-10)16-17-12(14)9-3-2-6-15-8-9/h1-8,16H,(H2,14,17). The maximum atomic E-state index is 5.85. The monoisotopic (exact) mass is 246 g/mol. The van der Waals surface area contributed by atoms with Gasteiger partial charge in [0.15, 0.2) is 5.84 Å². The molecule has 0 aliphatic rings. The van der Waals surface area contributed by atoms with Gasteiger partial charge in [-0.15, -0.1) is 0 Å². The van der Waals surface area contributed by atoms with E-state index in [4.69, 9.17) is 17.3 Å². The molecule has 1 aromatic carbocycles. The van der Waals surface area contributed by atoms with Crippen molar-refractivity contribution in [1.29, 1.82) is 0 Å². The lowest BCUT2D eigenvalue weighted by Crippen LogP contribution is -2.15. The Labute approximate surface area is 104 Å². The first-order valence-electron chi connectivity index (χ1n) is 5.01. The van der Waals surface area contributed by atoms with Crippen LogP contribution in [0.1, 0.15) is 5.56 Å². The Morgan fingerprint density at radius 3 is 2.88 bits per heavy atom. The van der Waals surface area contributed by atoms with E-state index in [0.29, 0.717) is 10.9 Å². The molecule has 0 bridgehead atoms. The van der Waals surface area contributed by atoms with E-state index >= 15 is 0 Å². The minimum absolute atomic E-state index is 0.373. The second-order valence-electron chi connectivity index (χ2n) is 3.36. The smallest absolute Gasteiger partial charge is 0.152 e. The minimum Gasteiger partial charge on any atom is -0.382 e. The SMILES string of the molecule is NC(=NNc1cccc(Cl)c1)c1cccnc1. The summed E-state index contributed by atoms with van der Waals surface area (Å²) in [5.41, 5.74) is 10.2. The van der Waals surface area contributed by atoms with Crippen molar-refractivity contribution in [3.8, 4) is 0 Å². The molecule has 0 spiro atoms. The molecule has 2 aromatic rings. The van der Waals surface area contributed by atoms with E-state index in [1.807, 2.05) is 18.2 Å². The number of hydrogen-bond donors (Lipinski definition) is 2. The molecular formula is C12H11ClN4. The van der Waals surface area contributed by atoms with Crippen LogP contribution in [0.25, 0.3) is 0 Å². The largest absolute Gasteiger partial charge is 0.382 e. The number of aromatic nitrogens is 1. The highest BCUT2D eigenvalue weighted by atomic mass is 35.5. The first-order chi connectivity index (χ1) is 8.25. The predicted octanol–water partition coefficient (Wildman–Crippen LogP) is 2.47. The Morgan fingerprint density at radius 2 is 2.18 bits per heavy atom. The molecule has 17 heavy (non-hydrogen) atoms. The van der Waals surface area contributed by atoms with Crippen LogP contribution in [-0.4, -0.2) is 10.8 Å². The minimum atomic E-state index is 0.373. The van der Waals surface area contributed by atoms with Crippen molar-refractivity contribution >= 4 is 23.1 Å². The number of nitrogens with two attached hydrogens (primary N) is 1. The van der Waals surface area contributed by atoms with Gasteiger partial charge in [0.2, 0.25) is 0 Å². The number of hydrogen-bond acceptors (Lipinski definition) is 3. The fourth-order valence-corrected chi connectivity index (χ4v) is 1.45. The van der Waals surface area contributed by atoms with E-state index in [0.717, 1.165) is 11.3 Å². The predicted molar refractivity (Wildman–Crippen MR) is 70.0 cm³/mol. The molecule has 1 heterocycles. The first-order valence-corrected chi connectivity index (χ1v) is 5.38. The van der Waals surface area contributed by atoms with E-state index in [2.05, 4.69) is 15.5 Å². The van der Waals surface area contributed by atoms with E-state index in [1.165, 1.54) is 0 Å². The fourth-order valence-electron chi connectivity index (χ4n) is 1.26. The lowest BCUT2D eigenvalue weighted by Gasteiger charge is -2.03. The molecule has 0 radical (unpaired) electrons. The molecule has 0 saturated heterocycles. The van der Waals surface area contributed by atoms with Crippen molar-refractivity contribution in [2.75, 3.05) is 5.43 Å². The summed E-state index contributed by atoms with van der Waals surface area (Å²) in [4.78, 5) is 3.97. The maximum Gasteiger partial charge on any atom is 0.152 e. The van der Waals surface area contributed by atoms with Crippen LogP contribution in [-0.2, 0) is 0 Å². The molecule has 0 unspecified atom stereocenters. The van der Waals surface area contributed by atoms with E-state index < -0.39 is 0 Å². The average molecular weight is 247 g/mol. The summed E-state index contributed by atoms with van der Waals surface area (Å²) in [6, 6.07) is 10.9. The summed E-state index contributed by atoms with van der Waals surface area (Å²) in [6.07, 6.45) is 3.33. The number of nitrogens with one attached hydrogen (secondary N) is 1. The lowest BCUT2D eigenvalue weighted by molar-refractivity contribution is 1.27. The number of anilines is 1. The van der Waals surface area contributed by atoms with Crippen molar-refractivity contribution in [2.45, 2.75) is 0 Å². The molecule has 2 rings (SSSR count). The van der Waals surface area contributed by atoms with Crippen LogP contribution in [0.5, 0.6) is 0 Å². The van der Waals surface area contributed by atoms with E-state index in [1.54, 1.807) is 30.6 Å².